The quantitative estimate of drug-likeness (QED) is 0.818. The van der Waals surface area contributed by atoms with E-state index in [0.717, 1.165) is 12.1 Å². The van der Waals surface area contributed by atoms with E-state index in [1.165, 1.54) is 23.3 Å². The van der Waals surface area contributed by atoms with E-state index in [9.17, 15) is 13.2 Å². The number of hydrogen-bond donors (Lipinski definition) is 2. The van der Waals surface area contributed by atoms with Gasteiger partial charge in [-0.2, -0.15) is 18.3 Å². The lowest BCUT2D eigenvalue weighted by atomic mass is 10.1. The molecule has 0 saturated carbocycles. The van der Waals surface area contributed by atoms with E-state index < -0.39 is 17.9 Å². The molecule has 1 aliphatic rings. The second-order valence-corrected chi connectivity index (χ2v) is 5.38. The molecule has 1 atom stereocenters. The molecular formula is C15H15F3N6. The summed E-state index contributed by atoms with van der Waals surface area (Å²) in [5.74, 6) is 5.88. The van der Waals surface area contributed by atoms with Crippen molar-refractivity contribution in [2.75, 3.05) is 0 Å². The van der Waals surface area contributed by atoms with Gasteiger partial charge in [0.25, 0.3) is 0 Å². The molecular weight excluding hydrogens is 321 g/mol. The van der Waals surface area contributed by atoms with Crippen LogP contribution in [-0.2, 0) is 13.2 Å². The number of benzene rings is 1. The standard InChI is InChI=1S/C15H15F3N6/c1-23-7-10(6-21-23)13-14(19)24(20)8-12(22-13)9-2-4-11(5-3-9)15(16,17)18/h2-8,14H,19-20H2,1H3. The van der Waals surface area contributed by atoms with Crippen molar-refractivity contribution >= 4 is 11.4 Å². The number of hydrogen-bond acceptors (Lipinski definition) is 5. The Morgan fingerprint density at radius 3 is 2.33 bits per heavy atom. The van der Waals surface area contributed by atoms with Crippen molar-refractivity contribution in [3.8, 4) is 0 Å². The average Bonchev–Trinajstić information content (AvgIpc) is 2.95. The Hall–Kier alpha value is -2.65. The van der Waals surface area contributed by atoms with Gasteiger partial charge in [0.15, 0.2) is 0 Å². The number of alkyl halides is 3. The van der Waals surface area contributed by atoms with E-state index in [4.69, 9.17) is 11.6 Å². The molecule has 1 aromatic carbocycles. The zero-order chi connectivity index (χ0) is 17.5. The first-order valence-electron chi connectivity index (χ1n) is 7.01. The van der Waals surface area contributed by atoms with Crippen LogP contribution in [0.15, 0.2) is 47.9 Å². The molecule has 4 N–H and O–H groups in total. The molecule has 1 aromatic heterocycles. The van der Waals surface area contributed by atoms with Crippen LogP contribution in [0.1, 0.15) is 16.7 Å². The minimum absolute atomic E-state index is 0.423. The molecule has 1 unspecified atom stereocenters. The highest BCUT2D eigenvalue weighted by atomic mass is 19.4. The second kappa shape index (κ2) is 5.77. The van der Waals surface area contributed by atoms with E-state index in [0.29, 0.717) is 22.5 Å². The Balaban J connectivity index is 1.98. The van der Waals surface area contributed by atoms with E-state index >= 15 is 0 Å². The highest BCUT2D eigenvalue weighted by molar-refractivity contribution is 6.07. The summed E-state index contributed by atoms with van der Waals surface area (Å²) in [4.78, 5) is 4.46. The lowest BCUT2D eigenvalue weighted by Crippen LogP contribution is -2.50. The van der Waals surface area contributed by atoms with E-state index in [1.807, 2.05) is 0 Å². The van der Waals surface area contributed by atoms with Crippen LogP contribution in [0.2, 0.25) is 0 Å². The number of nitrogens with zero attached hydrogens (tertiary/aromatic N) is 4. The molecule has 2 aromatic rings. The number of aryl methyl sites for hydroxylation is 1. The number of halogens is 3. The van der Waals surface area contributed by atoms with Crippen LogP contribution in [0.4, 0.5) is 13.2 Å². The van der Waals surface area contributed by atoms with Gasteiger partial charge in [-0.25, -0.2) is 10.8 Å². The number of aliphatic imine (C=N–C) groups is 1. The lowest BCUT2D eigenvalue weighted by molar-refractivity contribution is -0.137. The van der Waals surface area contributed by atoms with Gasteiger partial charge in [-0.15, -0.1) is 0 Å². The summed E-state index contributed by atoms with van der Waals surface area (Å²) in [5.41, 5.74) is 7.41. The highest BCUT2D eigenvalue weighted by Gasteiger charge is 2.30. The summed E-state index contributed by atoms with van der Waals surface area (Å²) in [7, 11) is 1.76. The fraction of sp³-hybridized carbons (Fsp3) is 0.200. The van der Waals surface area contributed by atoms with Gasteiger partial charge in [0.05, 0.1) is 23.2 Å². The molecule has 24 heavy (non-hydrogen) atoms. The molecule has 0 aliphatic carbocycles. The van der Waals surface area contributed by atoms with Crippen LogP contribution in [0.3, 0.4) is 0 Å². The van der Waals surface area contributed by atoms with Crippen LogP contribution in [-0.4, -0.2) is 26.7 Å². The second-order valence-electron chi connectivity index (χ2n) is 5.38. The minimum Gasteiger partial charge on any atom is -0.305 e. The summed E-state index contributed by atoms with van der Waals surface area (Å²) >= 11 is 0. The normalized spacial score (nSPS) is 18.4. The van der Waals surface area contributed by atoms with Gasteiger partial charge in [0, 0.05) is 30.6 Å². The number of hydrazine groups is 1. The fourth-order valence-electron chi connectivity index (χ4n) is 2.35. The van der Waals surface area contributed by atoms with Crippen LogP contribution in [0, 0.1) is 0 Å². The molecule has 9 heteroatoms. The summed E-state index contributed by atoms with van der Waals surface area (Å²) in [6, 6.07) is 4.71. The van der Waals surface area contributed by atoms with Crippen LogP contribution >= 0.6 is 0 Å². The van der Waals surface area contributed by atoms with Crippen LogP contribution in [0.25, 0.3) is 5.70 Å². The number of aromatic nitrogens is 2. The van der Waals surface area contributed by atoms with Crippen molar-refractivity contribution in [2.24, 2.45) is 23.6 Å². The predicted octanol–water partition coefficient (Wildman–Crippen LogP) is 1.70. The van der Waals surface area contributed by atoms with Crippen molar-refractivity contribution in [3.05, 3.63) is 59.5 Å². The number of rotatable bonds is 2. The first-order chi connectivity index (χ1) is 11.3. The molecule has 0 fully saturated rings. The Bertz CT molecular complexity index is 803. The molecule has 6 nitrogen and oxygen atoms in total. The van der Waals surface area contributed by atoms with Gasteiger partial charge in [-0.3, -0.25) is 9.69 Å². The monoisotopic (exact) mass is 336 g/mol. The van der Waals surface area contributed by atoms with Gasteiger partial charge >= 0.3 is 6.18 Å². The molecule has 0 radical (unpaired) electrons. The van der Waals surface area contributed by atoms with Gasteiger partial charge < -0.3 is 5.73 Å². The predicted molar refractivity (Wildman–Crippen MR) is 83.2 cm³/mol. The highest BCUT2D eigenvalue weighted by Crippen LogP contribution is 2.31. The average molecular weight is 336 g/mol. The Labute approximate surface area is 135 Å². The maximum absolute atomic E-state index is 12.7. The van der Waals surface area contributed by atoms with Crippen LogP contribution < -0.4 is 11.6 Å². The first-order valence-corrected chi connectivity index (χ1v) is 7.01. The number of nitrogens with two attached hydrogens (primary N) is 2. The van der Waals surface area contributed by atoms with Crippen LogP contribution in [0.5, 0.6) is 0 Å². The van der Waals surface area contributed by atoms with Gasteiger partial charge in [-0.1, -0.05) is 12.1 Å². The van der Waals surface area contributed by atoms with Crippen molar-refractivity contribution in [1.82, 2.24) is 14.8 Å². The SMILES string of the molecule is Cn1cc(C2=NC(c3ccc(C(F)(F)F)cc3)=CN(N)C2N)cn1. The van der Waals surface area contributed by atoms with Crippen molar-refractivity contribution in [3.63, 3.8) is 0 Å². The third-order valence-corrected chi connectivity index (χ3v) is 3.62. The third kappa shape index (κ3) is 3.03. The van der Waals surface area contributed by atoms with Crippen molar-refractivity contribution in [2.45, 2.75) is 12.3 Å². The van der Waals surface area contributed by atoms with E-state index in [1.54, 1.807) is 24.1 Å². The summed E-state index contributed by atoms with van der Waals surface area (Å²) in [5, 5.41) is 5.33. The zero-order valence-corrected chi connectivity index (χ0v) is 12.7. The maximum atomic E-state index is 12.7. The first kappa shape index (κ1) is 16.2. The largest absolute Gasteiger partial charge is 0.416 e. The lowest BCUT2D eigenvalue weighted by Gasteiger charge is -2.28. The molecule has 0 spiro atoms. The van der Waals surface area contributed by atoms with E-state index in [-0.39, 0.29) is 0 Å². The topological polar surface area (TPSA) is 85.5 Å². The molecule has 1 aliphatic heterocycles. The summed E-state index contributed by atoms with van der Waals surface area (Å²) in [6.45, 7) is 0. The van der Waals surface area contributed by atoms with Gasteiger partial charge in [0.2, 0.25) is 0 Å². The summed E-state index contributed by atoms with van der Waals surface area (Å²) in [6.07, 6.45) is -0.226. The molecule has 3 rings (SSSR count). The molecule has 2 heterocycles. The van der Waals surface area contributed by atoms with E-state index in [2.05, 4.69) is 10.1 Å². The Kier molecular flexibility index (Phi) is 3.90. The Morgan fingerprint density at radius 2 is 1.79 bits per heavy atom. The fourth-order valence-corrected chi connectivity index (χ4v) is 2.35. The molecule has 0 amide bonds. The van der Waals surface area contributed by atoms with Gasteiger partial charge in [-0.05, 0) is 12.1 Å². The van der Waals surface area contributed by atoms with Crippen molar-refractivity contribution in [1.29, 1.82) is 0 Å². The molecule has 0 bridgehead atoms. The maximum Gasteiger partial charge on any atom is 0.416 e. The zero-order valence-electron chi connectivity index (χ0n) is 12.7. The molecule has 0 saturated heterocycles. The Morgan fingerprint density at radius 1 is 1.12 bits per heavy atom. The summed E-state index contributed by atoms with van der Waals surface area (Å²) < 4.78 is 39.6. The smallest absolute Gasteiger partial charge is 0.305 e. The van der Waals surface area contributed by atoms with Crippen molar-refractivity contribution < 1.29 is 13.2 Å². The third-order valence-electron chi connectivity index (χ3n) is 3.62. The van der Waals surface area contributed by atoms with Gasteiger partial charge in [0.1, 0.15) is 6.17 Å². The molecule has 126 valence electrons. The minimum atomic E-state index is -4.38.